The molecule has 1 aliphatic rings. The van der Waals surface area contributed by atoms with Gasteiger partial charge in [-0.15, -0.1) is 0 Å². The van der Waals surface area contributed by atoms with Crippen LogP contribution in [-0.4, -0.2) is 44.7 Å². The largest absolute Gasteiger partial charge is 0.497 e. The van der Waals surface area contributed by atoms with Crippen LogP contribution in [0.3, 0.4) is 0 Å². The fourth-order valence-electron chi connectivity index (χ4n) is 2.36. The van der Waals surface area contributed by atoms with Crippen LogP contribution in [0.2, 0.25) is 0 Å². The molecule has 2 aromatic carbocycles. The van der Waals surface area contributed by atoms with E-state index in [-0.39, 0.29) is 11.1 Å². The van der Waals surface area contributed by atoms with Crippen molar-refractivity contribution in [2.24, 2.45) is 0 Å². The molecule has 0 unspecified atom stereocenters. The van der Waals surface area contributed by atoms with Crippen LogP contribution in [-0.2, 0) is 9.53 Å². The first-order chi connectivity index (χ1) is 13.1. The van der Waals surface area contributed by atoms with E-state index in [1.165, 1.54) is 31.4 Å². The molecule has 1 aliphatic heterocycles. The Balaban J connectivity index is 1.52. The molecule has 0 aromatic heterocycles. The minimum atomic E-state index is -0.735. The van der Waals surface area contributed by atoms with Crippen molar-refractivity contribution >= 4 is 17.8 Å². The van der Waals surface area contributed by atoms with Gasteiger partial charge in [0.15, 0.2) is 18.1 Å². The average Bonchev–Trinajstić information content (AvgIpc) is 2.71. The molecule has 8 heteroatoms. The number of rotatable bonds is 5. The highest BCUT2D eigenvalue weighted by Gasteiger charge is 2.17. The van der Waals surface area contributed by atoms with E-state index >= 15 is 0 Å². The van der Waals surface area contributed by atoms with E-state index in [0.29, 0.717) is 30.5 Å². The molecule has 2 aromatic rings. The second kappa shape index (κ2) is 8.22. The Hall–Kier alpha value is -3.55. The zero-order valence-corrected chi connectivity index (χ0v) is 14.5. The number of hydrogen-bond acceptors (Lipinski definition) is 7. The molecule has 1 heterocycles. The van der Waals surface area contributed by atoms with Crippen molar-refractivity contribution in [3.63, 3.8) is 0 Å². The number of hydrogen-bond donors (Lipinski definition) is 1. The molecule has 140 valence electrons. The van der Waals surface area contributed by atoms with Crippen LogP contribution in [0, 0.1) is 0 Å². The summed E-state index contributed by atoms with van der Waals surface area (Å²) in [7, 11) is 1.51. The van der Waals surface area contributed by atoms with Gasteiger partial charge in [-0.2, -0.15) is 0 Å². The number of benzene rings is 2. The van der Waals surface area contributed by atoms with Gasteiger partial charge >= 0.3 is 5.97 Å². The predicted octanol–water partition coefficient (Wildman–Crippen LogP) is 1.58. The third-order valence-corrected chi connectivity index (χ3v) is 3.72. The minimum Gasteiger partial charge on any atom is -0.497 e. The Labute approximate surface area is 155 Å². The quantitative estimate of drug-likeness (QED) is 0.797. The molecule has 0 fully saturated rings. The lowest BCUT2D eigenvalue weighted by Crippen LogP contribution is -2.34. The maximum absolute atomic E-state index is 12.1. The van der Waals surface area contributed by atoms with Crippen molar-refractivity contribution in [3.05, 3.63) is 53.6 Å². The number of esters is 1. The molecule has 1 N–H and O–H groups in total. The molecule has 0 bridgehead atoms. The average molecular weight is 371 g/mol. The van der Waals surface area contributed by atoms with Gasteiger partial charge in [0.05, 0.1) is 12.7 Å². The molecule has 3 rings (SSSR count). The first-order valence-electron chi connectivity index (χ1n) is 8.12. The molecule has 0 saturated heterocycles. The molecule has 0 atom stereocenters. The second-order valence-corrected chi connectivity index (χ2v) is 5.54. The molecular formula is C19H17NO7. The van der Waals surface area contributed by atoms with E-state index in [0.717, 1.165) is 0 Å². The van der Waals surface area contributed by atoms with Crippen LogP contribution in [0.5, 0.6) is 17.2 Å². The molecule has 8 nitrogen and oxygen atoms in total. The van der Waals surface area contributed by atoms with Crippen molar-refractivity contribution in [3.8, 4) is 17.2 Å². The SMILES string of the molecule is COc1ccc(C(=O)NC(=O)COC(=O)c2ccc3c(c2)OCCO3)cc1. The zero-order chi connectivity index (χ0) is 19.2. The highest BCUT2D eigenvalue weighted by molar-refractivity contribution is 6.05. The normalized spacial score (nSPS) is 12.0. The Morgan fingerprint density at radius 1 is 0.963 bits per heavy atom. The maximum Gasteiger partial charge on any atom is 0.338 e. The maximum atomic E-state index is 12.1. The van der Waals surface area contributed by atoms with Crippen LogP contribution >= 0.6 is 0 Å². The van der Waals surface area contributed by atoms with Crippen molar-refractivity contribution in [1.82, 2.24) is 5.32 Å². The van der Waals surface area contributed by atoms with Gasteiger partial charge in [0.2, 0.25) is 0 Å². The summed E-state index contributed by atoms with van der Waals surface area (Å²) >= 11 is 0. The fraction of sp³-hybridized carbons (Fsp3) is 0.211. The lowest BCUT2D eigenvalue weighted by atomic mass is 10.2. The number of amides is 2. The summed E-state index contributed by atoms with van der Waals surface area (Å²) < 4.78 is 20.7. The van der Waals surface area contributed by atoms with Crippen molar-refractivity contribution in [2.75, 3.05) is 26.9 Å². The third kappa shape index (κ3) is 4.55. The van der Waals surface area contributed by atoms with Crippen molar-refractivity contribution < 1.29 is 33.3 Å². The summed E-state index contributed by atoms with van der Waals surface area (Å²) in [6.45, 7) is 0.246. The molecule has 0 radical (unpaired) electrons. The van der Waals surface area contributed by atoms with Gasteiger partial charge in [0.25, 0.3) is 11.8 Å². The number of fused-ring (bicyclic) bond motifs is 1. The van der Waals surface area contributed by atoms with Gasteiger partial charge in [-0.05, 0) is 42.5 Å². The third-order valence-electron chi connectivity index (χ3n) is 3.72. The first-order valence-corrected chi connectivity index (χ1v) is 8.12. The lowest BCUT2D eigenvalue weighted by Gasteiger charge is -2.18. The Morgan fingerprint density at radius 3 is 2.33 bits per heavy atom. The smallest absolute Gasteiger partial charge is 0.338 e. The summed E-state index contributed by atoms with van der Waals surface area (Å²) in [5.41, 5.74) is 0.496. The van der Waals surface area contributed by atoms with Gasteiger partial charge in [-0.25, -0.2) is 4.79 Å². The van der Waals surface area contributed by atoms with Crippen LogP contribution in [0.15, 0.2) is 42.5 Å². The monoisotopic (exact) mass is 371 g/mol. The van der Waals surface area contributed by atoms with E-state index in [1.807, 2.05) is 0 Å². The molecule has 27 heavy (non-hydrogen) atoms. The zero-order valence-electron chi connectivity index (χ0n) is 14.5. The number of methoxy groups -OCH3 is 1. The van der Waals surface area contributed by atoms with Crippen LogP contribution in [0.4, 0.5) is 0 Å². The van der Waals surface area contributed by atoms with Gasteiger partial charge in [-0.3, -0.25) is 14.9 Å². The Morgan fingerprint density at radius 2 is 1.63 bits per heavy atom. The van der Waals surface area contributed by atoms with Crippen LogP contribution < -0.4 is 19.5 Å². The summed E-state index contributed by atoms with van der Waals surface area (Å²) in [5, 5.41) is 2.15. The van der Waals surface area contributed by atoms with E-state index < -0.39 is 24.4 Å². The highest BCUT2D eigenvalue weighted by atomic mass is 16.6. The van der Waals surface area contributed by atoms with Crippen LogP contribution in [0.1, 0.15) is 20.7 Å². The van der Waals surface area contributed by atoms with E-state index in [1.54, 1.807) is 18.2 Å². The first kappa shape index (κ1) is 18.2. The van der Waals surface area contributed by atoms with Crippen molar-refractivity contribution in [1.29, 1.82) is 0 Å². The number of imide groups is 1. The minimum absolute atomic E-state index is 0.216. The molecule has 0 saturated carbocycles. The van der Waals surface area contributed by atoms with E-state index in [4.69, 9.17) is 18.9 Å². The Bertz CT molecular complexity index is 861. The summed E-state index contributed by atoms with van der Waals surface area (Å²) in [4.78, 5) is 35.9. The van der Waals surface area contributed by atoms with Gasteiger partial charge < -0.3 is 18.9 Å². The van der Waals surface area contributed by atoms with Gasteiger partial charge in [-0.1, -0.05) is 0 Å². The highest BCUT2D eigenvalue weighted by Crippen LogP contribution is 2.30. The second-order valence-electron chi connectivity index (χ2n) is 5.54. The number of nitrogens with one attached hydrogen (secondary N) is 1. The van der Waals surface area contributed by atoms with E-state index in [9.17, 15) is 14.4 Å². The summed E-state index contributed by atoms with van der Waals surface area (Å²) in [6.07, 6.45) is 0. The van der Waals surface area contributed by atoms with Crippen molar-refractivity contribution in [2.45, 2.75) is 0 Å². The molecule has 0 spiro atoms. The summed E-state index contributed by atoms with van der Waals surface area (Å²) in [6, 6.07) is 10.8. The molecular weight excluding hydrogens is 354 g/mol. The number of carbonyl (C=O) groups excluding carboxylic acids is 3. The predicted molar refractivity (Wildman–Crippen MR) is 93.2 cm³/mol. The fourth-order valence-corrected chi connectivity index (χ4v) is 2.36. The standard InChI is InChI=1S/C19H17NO7/c1-24-14-5-2-12(3-6-14)18(22)20-17(21)11-27-19(23)13-4-7-15-16(10-13)26-9-8-25-15/h2-7,10H,8-9,11H2,1H3,(H,20,21,22). The van der Waals surface area contributed by atoms with Crippen LogP contribution in [0.25, 0.3) is 0 Å². The Kier molecular flexibility index (Phi) is 5.55. The van der Waals surface area contributed by atoms with E-state index in [2.05, 4.69) is 5.32 Å². The topological polar surface area (TPSA) is 100 Å². The lowest BCUT2D eigenvalue weighted by molar-refractivity contribution is -0.123. The molecule has 2 amide bonds. The van der Waals surface area contributed by atoms with Gasteiger partial charge in [0.1, 0.15) is 19.0 Å². The van der Waals surface area contributed by atoms with Gasteiger partial charge in [0, 0.05) is 5.56 Å². The number of carbonyl (C=O) groups is 3. The number of ether oxygens (including phenoxy) is 4. The molecule has 0 aliphatic carbocycles. The summed E-state index contributed by atoms with van der Waals surface area (Å²) in [5.74, 6) is -0.472.